The van der Waals surface area contributed by atoms with Gasteiger partial charge in [-0.2, -0.15) is 0 Å². The molecule has 2 heterocycles. The standard InChI is InChI=1S/C17H18FN3O2/c18-13-3-1-4-14(8-13)21-15-7-12(9-19-10-15)17(22)20-11-16-5-2-6-23-16/h1,3-4,7-10,16,21H,2,5-6,11H2,(H,20,22). The van der Waals surface area contributed by atoms with Gasteiger partial charge in [0.05, 0.1) is 23.6 Å². The predicted molar refractivity (Wildman–Crippen MR) is 85.2 cm³/mol. The lowest BCUT2D eigenvalue weighted by Gasteiger charge is -2.11. The summed E-state index contributed by atoms with van der Waals surface area (Å²) >= 11 is 0. The molecule has 0 aliphatic carbocycles. The van der Waals surface area contributed by atoms with Crippen LogP contribution in [0.25, 0.3) is 0 Å². The number of hydrogen-bond acceptors (Lipinski definition) is 4. The molecule has 0 radical (unpaired) electrons. The Balaban J connectivity index is 1.63. The van der Waals surface area contributed by atoms with Gasteiger partial charge < -0.3 is 15.4 Å². The lowest BCUT2D eigenvalue weighted by atomic mass is 10.2. The molecular weight excluding hydrogens is 297 g/mol. The van der Waals surface area contributed by atoms with Gasteiger partial charge >= 0.3 is 0 Å². The minimum atomic E-state index is -0.326. The molecule has 1 aromatic heterocycles. The average molecular weight is 315 g/mol. The van der Waals surface area contributed by atoms with E-state index in [1.54, 1.807) is 24.4 Å². The van der Waals surface area contributed by atoms with Gasteiger partial charge in [0.1, 0.15) is 5.82 Å². The van der Waals surface area contributed by atoms with Crippen molar-refractivity contribution >= 4 is 17.3 Å². The highest BCUT2D eigenvalue weighted by atomic mass is 19.1. The fraction of sp³-hybridized carbons (Fsp3) is 0.294. The zero-order valence-electron chi connectivity index (χ0n) is 12.6. The molecule has 0 bridgehead atoms. The number of nitrogens with one attached hydrogen (secondary N) is 2. The van der Waals surface area contributed by atoms with E-state index in [2.05, 4.69) is 15.6 Å². The molecule has 23 heavy (non-hydrogen) atoms. The summed E-state index contributed by atoms with van der Waals surface area (Å²) in [6, 6.07) is 7.79. The molecule has 1 aromatic carbocycles. The third kappa shape index (κ3) is 4.26. The highest BCUT2D eigenvalue weighted by Crippen LogP contribution is 2.17. The lowest BCUT2D eigenvalue weighted by molar-refractivity contribution is 0.0857. The van der Waals surface area contributed by atoms with E-state index in [-0.39, 0.29) is 17.8 Å². The van der Waals surface area contributed by atoms with Crippen molar-refractivity contribution in [3.8, 4) is 0 Å². The summed E-state index contributed by atoms with van der Waals surface area (Å²) in [4.78, 5) is 16.2. The van der Waals surface area contributed by atoms with E-state index in [9.17, 15) is 9.18 Å². The van der Waals surface area contributed by atoms with E-state index in [1.807, 2.05) is 0 Å². The number of anilines is 2. The summed E-state index contributed by atoms with van der Waals surface area (Å²) in [5.74, 6) is -0.524. The number of carbonyl (C=O) groups excluding carboxylic acids is 1. The van der Waals surface area contributed by atoms with E-state index in [4.69, 9.17) is 4.74 Å². The van der Waals surface area contributed by atoms with Crippen LogP contribution in [0.3, 0.4) is 0 Å². The van der Waals surface area contributed by atoms with Crippen molar-refractivity contribution in [2.45, 2.75) is 18.9 Å². The first-order chi connectivity index (χ1) is 11.2. The third-order valence-electron chi connectivity index (χ3n) is 3.63. The maximum absolute atomic E-state index is 13.2. The largest absolute Gasteiger partial charge is 0.376 e. The number of amides is 1. The van der Waals surface area contributed by atoms with Crippen LogP contribution >= 0.6 is 0 Å². The first-order valence-electron chi connectivity index (χ1n) is 7.58. The molecule has 3 rings (SSSR count). The van der Waals surface area contributed by atoms with Gasteiger partial charge in [-0.3, -0.25) is 9.78 Å². The van der Waals surface area contributed by atoms with Crippen LogP contribution in [0.5, 0.6) is 0 Å². The maximum atomic E-state index is 13.2. The quantitative estimate of drug-likeness (QED) is 0.890. The van der Waals surface area contributed by atoms with Crippen molar-refractivity contribution in [1.29, 1.82) is 0 Å². The Morgan fingerprint density at radius 3 is 3.00 bits per heavy atom. The molecule has 1 aliphatic rings. The second-order valence-corrected chi connectivity index (χ2v) is 5.44. The van der Waals surface area contributed by atoms with Crippen LogP contribution in [0.1, 0.15) is 23.2 Å². The number of benzene rings is 1. The number of halogens is 1. The van der Waals surface area contributed by atoms with E-state index in [0.717, 1.165) is 19.4 Å². The monoisotopic (exact) mass is 315 g/mol. The van der Waals surface area contributed by atoms with Crippen LogP contribution in [0.4, 0.5) is 15.8 Å². The first kappa shape index (κ1) is 15.4. The molecule has 1 atom stereocenters. The molecule has 0 spiro atoms. The Bertz CT molecular complexity index is 687. The molecule has 1 aliphatic heterocycles. The van der Waals surface area contributed by atoms with Crippen molar-refractivity contribution in [3.05, 3.63) is 54.1 Å². The molecular formula is C17H18FN3O2. The number of hydrogen-bond donors (Lipinski definition) is 2. The number of ether oxygens (including phenoxy) is 1. The first-order valence-corrected chi connectivity index (χ1v) is 7.58. The van der Waals surface area contributed by atoms with Gasteiger partial charge in [0.25, 0.3) is 5.91 Å². The van der Waals surface area contributed by atoms with Crippen LogP contribution in [-0.4, -0.2) is 30.1 Å². The van der Waals surface area contributed by atoms with Crippen molar-refractivity contribution in [3.63, 3.8) is 0 Å². The predicted octanol–water partition coefficient (Wildman–Crippen LogP) is 2.87. The molecule has 5 nitrogen and oxygen atoms in total. The van der Waals surface area contributed by atoms with Crippen molar-refractivity contribution in [1.82, 2.24) is 10.3 Å². The molecule has 2 aromatic rings. The Morgan fingerprint density at radius 2 is 2.22 bits per heavy atom. The van der Waals surface area contributed by atoms with Gasteiger partial charge in [-0.25, -0.2) is 4.39 Å². The van der Waals surface area contributed by atoms with Crippen LogP contribution in [-0.2, 0) is 4.74 Å². The normalized spacial score (nSPS) is 17.0. The van der Waals surface area contributed by atoms with E-state index in [0.29, 0.717) is 23.5 Å². The fourth-order valence-electron chi connectivity index (χ4n) is 2.48. The van der Waals surface area contributed by atoms with Crippen molar-refractivity contribution in [2.75, 3.05) is 18.5 Å². The molecule has 1 unspecified atom stereocenters. The van der Waals surface area contributed by atoms with Gasteiger partial charge in [-0.1, -0.05) is 6.07 Å². The van der Waals surface area contributed by atoms with Gasteiger partial charge in [0.2, 0.25) is 0 Å². The minimum Gasteiger partial charge on any atom is -0.376 e. The van der Waals surface area contributed by atoms with Gasteiger partial charge in [-0.15, -0.1) is 0 Å². The summed E-state index contributed by atoms with van der Waals surface area (Å²) in [7, 11) is 0. The molecule has 1 saturated heterocycles. The fourth-order valence-corrected chi connectivity index (χ4v) is 2.48. The average Bonchev–Trinajstić information content (AvgIpc) is 3.06. The second-order valence-electron chi connectivity index (χ2n) is 5.44. The SMILES string of the molecule is O=C(NCC1CCCO1)c1cncc(Nc2cccc(F)c2)c1. The lowest BCUT2D eigenvalue weighted by Crippen LogP contribution is -2.31. The van der Waals surface area contributed by atoms with Crippen LogP contribution in [0.15, 0.2) is 42.7 Å². The molecule has 1 fully saturated rings. The molecule has 2 N–H and O–H groups in total. The molecule has 0 saturated carbocycles. The zero-order valence-corrected chi connectivity index (χ0v) is 12.6. The van der Waals surface area contributed by atoms with E-state index in [1.165, 1.54) is 18.3 Å². The van der Waals surface area contributed by atoms with E-state index < -0.39 is 0 Å². The van der Waals surface area contributed by atoms with Gasteiger partial charge in [0, 0.05) is 25.0 Å². The second kappa shape index (κ2) is 7.19. The third-order valence-corrected chi connectivity index (χ3v) is 3.63. The number of carbonyl (C=O) groups is 1. The number of pyridine rings is 1. The maximum Gasteiger partial charge on any atom is 0.253 e. The number of rotatable bonds is 5. The Morgan fingerprint density at radius 1 is 1.30 bits per heavy atom. The van der Waals surface area contributed by atoms with Crippen molar-refractivity contribution < 1.29 is 13.9 Å². The Kier molecular flexibility index (Phi) is 4.83. The highest BCUT2D eigenvalue weighted by molar-refractivity contribution is 5.94. The summed E-state index contributed by atoms with van der Waals surface area (Å²) in [5.41, 5.74) is 1.67. The molecule has 6 heteroatoms. The van der Waals surface area contributed by atoms with Gasteiger partial charge in [0.15, 0.2) is 0 Å². The van der Waals surface area contributed by atoms with E-state index >= 15 is 0 Å². The summed E-state index contributed by atoms with van der Waals surface area (Å²) in [5, 5.41) is 5.88. The van der Waals surface area contributed by atoms with Crippen LogP contribution in [0, 0.1) is 5.82 Å². The Hall–Kier alpha value is -2.47. The smallest absolute Gasteiger partial charge is 0.253 e. The highest BCUT2D eigenvalue weighted by Gasteiger charge is 2.16. The topological polar surface area (TPSA) is 63.2 Å². The number of aromatic nitrogens is 1. The Labute approximate surface area is 133 Å². The van der Waals surface area contributed by atoms with Crippen LogP contribution in [0.2, 0.25) is 0 Å². The molecule has 120 valence electrons. The summed E-state index contributed by atoms with van der Waals surface area (Å²) < 4.78 is 18.7. The summed E-state index contributed by atoms with van der Waals surface area (Å²) in [6.45, 7) is 1.26. The van der Waals surface area contributed by atoms with Crippen molar-refractivity contribution in [2.24, 2.45) is 0 Å². The van der Waals surface area contributed by atoms with Gasteiger partial charge in [-0.05, 0) is 37.1 Å². The van der Waals surface area contributed by atoms with Crippen LogP contribution < -0.4 is 10.6 Å². The zero-order chi connectivity index (χ0) is 16.1. The summed E-state index contributed by atoms with van der Waals surface area (Å²) in [6.07, 6.45) is 5.19. The molecule has 1 amide bonds. The minimum absolute atomic E-state index is 0.0977. The number of nitrogens with zero attached hydrogens (tertiary/aromatic N) is 1.